The van der Waals surface area contributed by atoms with Crippen molar-refractivity contribution in [2.45, 2.75) is 103 Å². The Morgan fingerprint density at radius 1 is 0.875 bits per heavy atom. The van der Waals surface area contributed by atoms with Gasteiger partial charge in [-0.15, -0.1) is 0 Å². The van der Waals surface area contributed by atoms with Crippen molar-refractivity contribution in [3.8, 4) is 0 Å². The second-order valence-corrected chi connectivity index (χ2v) is 9.27. The number of aliphatic hydroxyl groups is 1. The van der Waals surface area contributed by atoms with Crippen molar-refractivity contribution in [2.75, 3.05) is 26.4 Å². The molecule has 0 amide bonds. The molecule has 0 spiro atoms. The molecule has 0 aliphatic heterocycles. The van der Waals surface area contributed by atoms with Gasteiger partial charge in [-0.05, 0) is 32.1 Å². The summed E-state index contributed by atoms with van der Waals surface area (Å²) >= 11 is 0. The number of allylic oxidation sites excluding steroid dienone is 2. The van der Waals surface area contributed by atoms with E-state index in [9.17, 15) is 9.36 Å². The lowest BCUT2D eigenvalue weighted by Crippen LogP contribution is -2.28. The molecule has 0 saturated heterocycles. The third-order valence-electron chi connectivity index (χ3n) is 4.91. The Balaban J connectivity index is 3.71. The van der Waals surface area contributed by atoms with Gasteiger partial charge in [-0.3, -0.25) is 9.32 Å². The van der Waals surface area contributed by atoms with E-state index in [0.717, 1.165) is 32.1 Å². The van der Waals surface area contributed by atoms with Crippen LogP contribution in [-0.2, 0) is 23.4 Å². The first-order valence-corrected chi connectivity index (χ1v) is 13.6. The molecule has 0 saturated carbocycles. The Morgan fingerprint density at radius 2 is 1.44 bits per heavy atom. The number of hydrogen-bond donors (Lipinski definition) is 3. The van der Waals surface area contributed by atoms with E-state index in [1.165, 1.54) is 44.9 Å². The number of carbonyl (C=O) groups excluding carboxylic acids is 1. The maximum Gasteiger partial charge on any atom is 0.469 e. The Bertz CT molecular complexity index is 506. The quantitative estimate of drug-likeness (QED) is 0.0803. The second kappa shape index (κ2) is 22.1. The maximum atomic E-state index is 12.0. The second-order valence-electron chi connectivity index (χ2n) is 8.03. The van der Waals surface area contributed by atoms with Crippen LogP contribution in [0.15, 0.2) is 12.2 Å². The van der Waals surface area contributed by atoms with E-state index in [1.54, 1.807) is 0 Å². The smallest absolute Gasteiger partial charge is 0.457 e. The van der Waals surface area contributed by atoms with Crippen LogP contribution in [-0.4, -0.2) is 53.4 Å². The molecular weight excluding hydrogens is 435 g/mol. The van der Waals surface area contributed by atoms with Crippen LogP contribution >= 0.6 is 7.82 Å². The van der Waals surface area contributed by atoms with Gasteiger partial charge in [0.2, 0.25) is 0 Å². The number of rotatable bonds is 23. The molecule has 3 N–H and O–H groups in total. The van der Waals surface area contributed by atoms with Crippen molar-refractivity contribution >= 4 is 13.8 Å². The largest absolute Gasteiger partial charge is 0.469 e. The molecule has 0 aromatic carbocycles. The lowest BCUT2D eigenvalue weighted by Gasteiger charge is -2.18. The highest BCUT2D eigenvalue weighted by Gasteiger charge is 2.21. The van der Waals surface area contributed by atoms with Crippen LogP contribution in [0.25, 0.3) is 0 Å². The molecule has 0 unspecified atom stereocenters. The number of unbranched alkanes of at least 4 members (excludes halogenated alkanes) is 11. The van der Waals surface area contributed by atoms with E-state index in [1.807, 2.05) is 0 Å². The molecule has 0 fully saturated rings. The van der Waals surface area contributed by atoms with Gasteiger partial charge in [0.15, 0.2) is 0 Å². The third-order valence-corrected chi connectivity index (χ3v) is 5.39. The van der Waals surface area contributed by atoms with E-state index in [2.05, 4.69) is 23.6 Å². The number of phosphoric ester groups is 1. The summed E-state index contributed by atoms with van der Waals surface area (Å²) in [6, 6.07) is 0. The van der Waals surface area contributed by atoms with Crippen LogP contribution in [0.1, 0.15) is 96.8 Å². The van der Waals surface area contributed by atoms with Crippen LogP contribution in [0.3, 0.4) is 0 Å². The summed E-state index contributed by atoms with van der Waals surface area (Å²) in [6.07, 6.45) is 19.1. The molecule has 9 heteroatoms. The first kappa shape index (κ1) is 31.2. The normalized spacial score (nSPS) is 13.0. The number of esters is 1. The number of hydrogen-bond acceptors (Lipinski definition) is 6. The lowest BCUT2D eigenvalue weighted by atomic mass is 10.1. The average Bonchev–Trinajstić information content (AvgIpc) is 2.74. The lowest BCUT2D eigenvalue weighted by molar-refractivity contribution is -0.154. The summed E-state index contributed by atoms with van der Waals surface area (Å²) in [5, 5.41) is 8.73. The van der Waals surface area contributed by atoms with Gasteiger partial charge in [0.1, 0.15) is 6.10 Å². The maximum absolute atomic E-state index is 12.0. The zero-order valence-electron chi connectivity index (χ0n) is 19.8. The molecule has 0 radical (unpaired) electrons. The van der Waals surface area contributed by atoms with Crippen LogP contribution in [0.2, 0.25) is 0 Å². The Hall–Kier alpha value is -0.760. The van der Waals surface area contributed by atoms with E-state index in [4.69, 9.17) is 24.4 Å². The van der Waals surface area contributed by atoms with Crippen LogP contribution in [0.4, 0.5) is 0 Å². The van der Waals surface area contributed by atoms with Crippen molar-refractivity contribution in [3.63, 3.8) is 0 Å². The predicted molar refractivity (Wildman–Crippen MR) is 125 cm³/mol. The van der Waals surface area contributed by atoms with Crippen molar-refractivity contribution < 1.29 is 38.3 Å². The standard InChI is InChI=1S/C23H45O8P/c1-2-3-4-5-6-7-8-9-10-11-12-13-14-15-16-17-23(25)31-22(20-29-19-18-24)21-30-32(26,27)28/h9-10,22,24H,2-8,11-21H2,1H3,(H2,26,27,28)/t22-/m1/s1. The molecule has 190 valence electrons. The summed E-state index contributed by atoms with van der Waals surface area (Å²) in [5.74, 6) is -0.450. The topological polar surface area (TPSA) is 123 Å². The SMILES string of the molecule is CCCCCCCCC=CCCCCCCCC(=O)O[C@H](COCCO)COP(=O)(O)O. The van der Waals surface area contributed by atoms with Gasteiger partial charge in [-0.1, -0.05) is 70.4 Å². The fourth-order valence-electron chi connectivity index (χ4n) is 3.16. The zero-order chi connectivity index (χ0) is 23.9. The minimum atomic E-state index is -4.66. The van der Waals surface area contributed by atoms with Gasteiger partial charge in [-0.2, -0.15) is 0 Å². The van der Waals surface area contributed by atoms with E-state index in [0.29, 0.717) is 6.42 Å². The van der Waals surface area contributed by atoms with Crippen molar-refractivity contribution in [1.29, 1.82) is 0 Å². The Labute approximate surface area is 194 Å². The van der Waals surface area contributed by atoms with Crippen molar-refractivity contribution in [3.05, 3.63) is 12.2 Å². The summed E-state index contributed by atoms with van der Waals surface area (Å²) in [6.45, 7) is 1.52. The van der Waals surface area contributed by atoms with Crippen LogP contribution < -0.4 is 0 Å². The van der Waals surface area contributed by atoms with Crippen molar-refractivity contribution in [1.82, 2.24) is 0 Å². The highest BCUT2D eigenvalue weighted by molar-refractivity contribution is 7.46. The molecule has 32 heavy (non-hydrogen) atoms. The first-order chi connectivity index (χ1) is 15.4. The number of aliphatic hydroxyl groups excluding tert-OH is 1. The Morgan fingerprint density at radius 3 is 2.00 bits per heavy atom. The molecule has 0 aliphatic carbocycles. The van der Waals surface area contributed by atoms with E-state index < -0.39 is 26.5 Å². The minimum absolute atomic E-state index is 0.0399. The first-order valence-electron chi connectivity index (χ1n) is 12.1. The van der Waals surface area contributed by atoms with E-state index in [-0.39, 0.29) is 26.2 Å². The summed E-state index contributed by atoms with van der Waals surface area (Å²) < 4.78 is 25.5. The minimum Gasteiger partial charge on any atom is -0.457 e. The average molecular weight is 481 g/mol. The van der Waals surface area contributed by atoms with Gasteiger partial charge < -0.3 is 24.4 Å². The molecule has 0 heterocycles. The highest BCUT2D eigenvalue weighted by atomic mass is 31.2. The fourth-order valence-corrected chi connectivity index (χ4v) is 3.52. The highest BCUT2D eigenvalue weighted by Crippen LogP contribution is 2.35. The molecule has 0 aliphatic rings. The summed E-state index contributed by atoms with van der Waals surface area (Å²) in [5.41, 5.74) is 0. The molecule has 1 atom stereocenters. The van der Waals surface area contributed by atoms with Gasteiger partial charge in [-0.25, -0.2) is 4.57 Å². The molecule has 0 rings (SSSR count). The Kier molecular flexibility index (Phi) is 21.5. The monoisotopic (exact) mass is 480 g/mol. The molecule has 8 nitrogen and oxygen atoms in total. The van der Waals surface area contributed by atoms with Gasteiger partial charge in [0.25, 0.3) is 0 Å². The molecule has 0 bridgehead atoms. The van der Waals surface area contributed by atoms with Gasteiger partial charge >= 0.3 is 13.8 Å². The molecular formula is C23H45O8P. The number of phosphoric acid groups is 1. The fraction of sp³-hybridized carbons (Fsp3) is 0.870. The number of carbonyl (C=O) groups is 1. The van der Waals surface area contributed by atoms with Crippen LogP contribution in [0, 0.1) is 0 Å². The predicted octanol–water partition coefficient (Wildman–Crippen LogP) is 5.05. The van der Waals surface area contributed by atoms with Crippen LogP contribution in [0.5, 0.6) is 0 Å². The third kappa shape index (κ3) is 23.9. The zero-order valence-corrected chi connectivity index (χ0v) is 20.7. The van der Waals surface area contributed by atoms with E-state index >= 15 is 0 Å². The summed E-state index contributed by atoms with van der Waals surface area (Å²) in [7, 11) is -4.66. The molecule has 0 aromatic rings. The molecule has 0 aromatic heterocycles. The summed E-state index contributed by atoms with van der Waals surface area (Å²) in [4.78, 5) is 29.5. The van der Waals surface area contributed by atoms with Gasteiger partial charge in [0, 0.05) is 6.42 Å². The van der Waals surface area contributed by atoms with Gasteiger partial charge in [0.05, 0.1) is 26.4 Å². The van der Waals surface area contributed by atoms with Crippen molar-refractivity contribution in [2.24, 2.45) is 0 Å². The number of ether oxygens (including phenoxy) is 2.